The van der Waals surface area contributed by atoms with Crippen molar-refractivity contribution in [2.75, 3.05) is 5.75 Å². The molecule has 0 aliphatic heterocycles. The Morgan fingerprint density at radius 3 is 3.00 bits per heavy atom. The lowest BCUT2D eigenvalue weighted by atomic mass is 10.2. The van der Waals surface area contributed by atoms with Crippen molar-refractivity contribution in [3.63, 3.8) is 0 Å². The molecular weight excluding hydrogens is 249 g/mol. The van der Waals surface area contributed by atoms with E-state index in [1.165, 1.54) is 37.1 Å². The second-order valence-electron chi connectivity index (χ2n) is 4.75. The van der Waals surface area contributed by atoms with Gasteiger partial charge in [-0.2, -0.15) is 11.8 Å². The molecule has 1 saturated carbocycles. The number of hydrogen-bond donors (Lipinski definition) is 2. The number of thioether (sulfide) groups is 1. The fraction of sp³-hybridized carbons (Fsp3) is 0.571. The van der Waals surface area contributed by atoms with E-state index in [1.54, 1.807) is 6.07 Å². The van der Waals surface area contributed by atoms with Gasteiger partial charge in [0.25, 0.3) is 0 Å². The Labute approximate surface area is 112 Å². The van der Waals surface area contributed by atoms with Crippen LogP contribution in [0.1, 0.15) is 31.7 Å². The summed E-state index contributed by atoms with van der Waals surface area (Å²) in [7, 11) is 0. The van der Waals surface area contributed by atoms with Gasteiger partial charge in [0.15, 0.2) is 11.6 Å². The van der Waals surface area contributed by atoms with Crippen molar-refractivity contribution in [3.05, 3.63) is 29.6 Å². The first-order chi connectivity index (χ1) is 8.69. The van der Waals surface area contributed by atoms with Gasteiger partial charge in [0.1, 0.15) is 0 Å². The third-order valence-corrected chi connectivity index (χ3v) is 4.63. The van der Waals surface area contributed by atoms with Crippen LogP contribution in [0.5, 0.6) is 5.75 Å². The maximum absolute atomic E-state index is 13.2. The Hall–Kier alpha value is -0.740. The first kappa shape index (κ1) is 13.7. The molecule has 1 aliphatic rings. The molecule has 0 heterocycles. The van der Waals surface area contributed by atoms with Crippen LogP contribution in [0.25, 0.3) is 0 Å². The summed E-state index contributed by atoms with van der Waals surface area (Å²) in [5.74, 6) is 0.361. The van der Waals surface area contributed by atoms with Gasteiger partial charge in [0.2, 0.25) is 0 Å². The molecule has 1 aromatic carbocycles. The van der Waals surface area contributed by atoms with Gasteiger partial charge in [-0.05, 0) is 42.7 Å². The third kappa shape index (κ3) is 3.62. The van der Waals surface area contributed by atoms with Crippen LogP contribution in [-0.4, -0.2) is 22.2 Å². The number of phenolic OH excluding ortho intramolecular Hbond substituents is 1. The molecule has 2 rings (SSSR count). The van der Waals surface area contributed by atoms with Crippen molar-refractivity contribution in [1.29, 1.82) is 0 Å². The van der Waals surface area contributed by atoms with Crippen LogP contribution < -0.4 is 5.32 Å². The number of halogens is 1. The van der Waals surface area contributed by atoms with Crippen LogP contribution in [0.2, 0.25) is 0 Å². The van der Waals surface area contributed by atoms with Crippen LogP contribution in [0.4, 0.5) is 4.39 Å². The molecule has 18 heavy (non-hydrogen) atoms. The van der Waals surface area contributed by atoms with Crippen molar-refractivity contribution >= 4 is 11.8 Å². The SMILES string of the molecule is CCSC1CCC(NCc2ccc(O)c(F)c2)C1. The summed E-state index contributed by atoms with van der Waals surface area (Å²) < 4.78 is 13.2. The molecule has 0 amide bonds. The summed E-state index contributed by atoms with van der Waals surface area (Å²) in [6, 6.07) is 5.12. The molecule has 0 radical (unpaired) electrons. The van der Waals surface area contributed by atoms with E-state index in [-0.39, 0.29) is 5.75 Å². The molecule has 0 spiro atoms. The van der Waals surface area contributed by atoms with Crippen LogP contribution in [0.15, 0.2) is 18.2 Å². The van der Waals surface area contributed by atoms with Gasteiger partial charge < -0.3 is 10.4 Å². The van der Waals surface area contributed by atoms with E-state index in [4.69, 9.17) is 5.11 Å². The third-order valence-electron chi connectivity index (χ3n) is 3.39. The Bertz CT molecular complexity index is 399. The molecule has 0 bridgehead atoms. The van der Waals surface area contributed by atoms with Gasteiger partial charge >= 0.3 is 0 Å². The lowest BCUT2D eigenvalue weighted by Crippen LogP contribution is -2.26. The smallest absolute Gasteiger partial charge is 0.165 e. The average Bonchev–Trinajstić information content (AvgIpc) is 2.79. The highest BCUT2D eigenvalue weighted by Gasteiger charge is 2.23. The minimum absolute atomic E-state index is 0.279. The number of nitrogens with one attached hydrogen (secondary N) is 1. The Morgan fingerprint density at radius 1 is 1.44 bits per heavy atom. The Kier molecular flexibility index (Phi) is 4.89. The second-order valence-corrected chi connectivity index (χ2v) is 6.33. The average molecular weight is 269 g/mol. The predicted molar refractivity (Wildman–Crippen MR) is 74.5 cm³/mol. The topological polar surface area (TPSA) is 32.3 Å². The Morgan fingerprint density at radius 2 is 2.28 bits per heavy atom. The highest BCUT2D eigenvalue weighted by atomic mass is 32.2. The first-order valence-corrected chi connectivity index (χ1v) is 7.56. The summed E-state index contributed by atoms with van der Waals surface area (Å²) in [6.07, 6.45) is 3.69. The van der Waals surface area contributed by atoms with E-state index in [9.17, 15) is 4.39 Å². The molecule has 2 N–H and O–H groups in total. The standard InChI is InChI=1S/C14H20FNOS/c1-2-18-12-5-4-11(8-12)16-9-10-3-6-14(17)13(15)7-10/h3,6-7,11-12,16-17H,2,4-5,8-9H2,1H3. The molecule has 1 aromatic rings. The van der Waals surface area contributed by atoms with Gasteiger partial charge in [-0.15, -0.1) is 0 Å². The van der Waals surface area contributed by atoms with Crippen molar-refractivity contribution in [2.24, 2.45) is 0 Å². The zero-order chi connectivity index (χ0) is 13.0. The zero-order valence-corrected chi connectivity index (χ0v) is 11.5. The molecule has 0 saturated heterocycles. The molecule has 2 nitrogen and oxygen atoms in total. The first-order valence-electron chi connectivity index (χ1n) is 6.51. The molecule has 1 fully saturated rings. The van der Waals surface area contributed by atoms with Gasteiger partial charge in [-0.3, -0.25) is 0 Å². The van der Waals surface area contributed by atoms with E-state index < -0.39 is 5.82 Å². The van der Waals surface area contributed by atoms with Crippen molar-refractivity contribution in [2.45, 2.75) is 44.0 Å². The molecule has 4 heteroatoms. The lowest BCUT2D eigenvalue weighted by Gasteiger charge is -2.13. The minimum atomic E-state index is -0.542. The monoisotopic (exact) mass is 269 g/mol. The highest BCUT2D eigenvalue weighted by molar-refractivity contribution is 7.99. The van der Waals surface area contributed by atoms with E-state index >= 15 is 0 Å². The van der Waals surface area contributed by atoms with E-state index in [0.29, 0.717) is 12.6 Å². The molecule has 1 aliphatic carbocycles. The molecule has 0 aromatic heterocycles. The van der Waals surface area contributed by atoms with E-state index in [0.717, 1.165) is 10.8 Å². The maximum Gasteiger partial charge on any atom is 0.165 e. The number of aromatic hydroxyl groups is 1. The van der Waals surface area contributed by atoms with Crippen LogP contribution in [-0.2, 0) is 6.54 Å². The zero-order valence-electron chi connectivity index (χ0n) is 10.7. The normalized spacial score (nSPS) is 23.4. The number of hydrogen-bond acceptors (Lipinski definition) is 3. The summed E-state index contributed by atoms with van der Waals surface area (Å²) in [6.45, 7) is 2.87. The van der Waals surface area contributed by atoms with Crippen molar-refractivity contribution < 1.29 is 9.50 Å². The summed E-state index contributed by atoms with van der Waals surface area (Å²) in [4.78, 5) is 0. The number of benzene rings is 1. The number of phenols is 1. The highest BCUT2D eigenvalue weighted by Crippen LogP contribution is 2.29. The van der Waals surface area contributed by atoms with Gasteiger partial charge in [0, 0.05) is 17.8 Å². The van der Waals surface area contributed by atoms with E-state index in [2.05, 4.69) is 12.2 Å². The fourth-order valence-electron chi connectivity index (χ4n) is 2.44. The van der Waals surface area contributed by atoms with Crippen molar-refractivity contribution in [1.82, 2.24) is 5.32 Å². The lowest BCUT2D eigenvalue weighted by molar-refractivity contribution is 0.431. The van der Waals surface area contributed by atoms with Gasteiger partial charge in [-0.1, -0.05) is 13.0 Å². The fourth-order valence-corrected chi connectivity index (χ4v) is 3.58. The van der Waals surface area contributed by atoms with Crippen molar-refractivity contribution in [3.8, 4) is 5.75 Å². The summed E-state index contributed by atoms with van der Waals surface area (Å²) >= 11 is 2.04. The minimum Gasteiger partial charge on any atom is -0.505 e. The largest absolute Gasteiger partial charge is 0.505 e. The summed E-state index contributed by atoms with van der Waals surface area (Å²) in [5, 5.41) is 13.4. The summed E-state index contributed by atoms with van der Waals surface area (Å²) in [5.41, 5.74) is 0.886. The van der Waals surface area contributed by atoms with Gasteiger partial charge in [0.05, 0.1) is 0 Å². The van der Waals surface area contributed by atoms with Crippen LogP contribution in [0.3, 0.4) is 0 Å². The quantitative estimate of drug-likeness (QED) is 0.860. The molecule has 2 unspecified atom stereocenters. The van der Waals surface area contributed by atoms with Crippen LogP contribution in [0, 0.1) is 5.82 Å². The molecule has 2 atom stereocenters. The number of rotatable bonds is 5. The van der Waals surface area contributed by atoms with E-state index in [1.807, 2.05) is 11.8 Å². The Balaban J connectivity index is 1.80. The molecular formula is C14H20FNOS. The maximum atomic E-state index is 13.2. The van der Waals surface area contributed by atoms with Gasteiger partial charge in [-0.25, -0.2) is 4.39 Å². The van der Waals surface area contributed by atoms with Crippen LogP contribution >= 0.6 is 11.8 Å². The molecule has 100 valence electrons. The predicted octanol–water partition coefficient (Wildman–Crippen LogP) is 3.30. The second kappa shape index (κ2) is 6.43.